The van der Waals surface area contributed by atoms with Crippen LogP contribution in [0, 0.1) is 0 Å². The molecule has 2 heterocycles. The molecule has 3 heteroatoms. The Hall–Kier alpha value is -1.77. The van der Waals surface area contributed by atoms with Crippen molar-refractivity contribution in [2.24, 2.45) is 7.05 Å². The fourth-order valence-corrected chi connectivity index (χ4v) is 3.35. The molecule has 1 aromatic carbocycles. The number of hydrogen-bond donors (Lipinski definition) is 0. The van der Waals surface area contributed by atoms with Gasteiger partial charge in [-0.25, -0.2) is 0 Å². The lowest BCUT2D eigenvalue weighted by molar-refractivity contribution is 0.104. The fourth-order valence-electron chi connectivity index (χ4n) is 3.35. The monoisotopic (exact) mass is 285 g/mol. The van der Waals surface area contributed by atoms with Gasteiger partial charge in [-0.05, 0) is 31.9 Å². The van der Waals surface area contributed by atoms with Crippen LogP contribution < -0.4 is 10.3 Å². The summed E-state index contributed by atoms with van der Waals surface area (Å²) in [5.41, 5.74) is 1.64. The van der Waals surface area contributed by atoms with Gasteiger partial charge in [0.05, 0.1) is 11.1 Å². The van der Waals surface area contributed by atoms with Gasteiger partial charge in [-0.2, -0.15) is 0 Å². The molecule has 0 aliphatic carbocycles. The number of ether oxygens (including phenoxy) is 1. The molecule has 1 aliphatic heterocycles. The summed E-state index contributed by atoms with van der Waals surface area (Å²) in [6, 6.07) is 7.99. The van der Waals surface area contributed by atoms with Gasteiger partial charge in [0.15, 0.2) is 0 Å². The number of unbranched alkanes of at least 4 members (excludes halogenated alkanes) is 2. The average molecular weight is 285 g/mol. The van der Waals surface area contributed by atoms with E-state index in [0.29, 0.717) is 0 Å². The van der Waals surface area contributed by atoms with Gasteiger partial charge in [0.1, 0.15) is 11.4 Å². The van der Waals surface area contributed by atoms with Crippen molar-refractivity contribution in [3.8, 4) is 5.75 Å². The molecule has 1 unspecified atom stereocenters. The summed E-state index contributed by atoms with van der Waals surface area (Å²) in [6.45, 7) is 4.34. The van der Waals surface area contributed by atoms with E-state index in [4.69, 9.17) is 4.74 Å². The summed E-state index contributed by atoms with van der Waals surface area (Å²) in [7, 11) is 1.84. The summed E-state index contributed by atoms with van der Waals surface area (Å²) in [5.74, 6) is 0.813. The largest absolute Gasteiger partial charge is 0.486 e. The van der Waals surface area contributed by atoms with E-state index in [0.717, 1.165) is 41.5 Å². The lowest BCUT2D eigenvalue weighted by atomic mass is 9.93. The zero-order chi connectivity index (χ0) is 15.0. The summed E-state index contributed by atoms with van der Waals surface area (Å²) in [5, 5.41) is 1.05. The Kier molecular flexibility index (Phi) is 3.52. The number of benzene rings is 1. The van der Waals surface area contributed by atoms with E-state index < -0.39 is 0 Å². The third-order valence-corrected chi connectivity index (χ3v) is 4.56. The van der Waals surface area contributed by atoms with E-state index in [9.17, 15) is 4.79 Å². The van der Waals surface area contributed by atoms with Crippen molar-refractivity contribution in [2.75, 3.05) is 0 Å². The van der Waals surface area contributed by atoms with Crippen LogP contribution in [-0.4, -0.2) is 10.2 Å². The van der Waals surface area contributed by atoms with Crippen molar-refractivity contribution in [3.63, 3.8) is 0 Å². The fraction of sp³-hybridized carbons (Fsp3) is 0.500. The molecular weight excluding hydrogens is 262 g/mol. The molecule has 0 saturated carbocycles. The summed E-state index contributed by atoms with van der Waals surface area (Å²) in [4.78, 5) is 12.6. The van der Waals surface area contributed by atoms with Crippen molar-refractivity contribution in [3.05, 3.63) is 40.2 Å². The van der Waals surface area contributed by atoms with Crippen LogP contribution >= 0.6 is 0 Å². The van der Waals surface area contributed by atoms with Crippen LogP contribution in [0.3, 0.4) is 0 Å². The lowest BCUT2D eigenvalue weighted by Gasteiger charge is -2.24. The van der Waals surface area contributed by atoms with Crippen LogP contribution in [0.4, 0.5) is 0 Å². The van der Waals surface area contributed by atoms with Crippen molar-refractivity contribution in [1.82, 2.24) is 4.57 Å². The summed E-state index contributed by atoms with van der Waals surface area (Å²) in [6.07, 6.45) is 5.30. The van der Waals surface area contributed by atoms with Gasteiger partial charge in [-0.3, -0.25) is 4.79 Å². The van der Waals surface area contributed by atoms with E-state index >= 15 is 0 Å². The van der Waals surface area contributed by atoms with Crippen molar-refractivity contribution >= 4 is 10.9 Å². The summed E-state index contributed by atoms with van der Waals surface area (Å²) < 4.78 is 8.02. The Balaban J connectivity index is 2.05. The first kappa shape index (κ1) is 14.2. The third kappa shape index (κ3) is 2.35. The molecule has 1 aromatic heterocycles. The number of pyridine rings is 1. The van der Waals surface area contributed by atoms with E-state index in [1.165, 1.54) is 12.8 Å². The Labute approximate surface area is 125 Å². The van der Waals surface area contributed by atoms with Crippen LogP contribution in [0.1, 0.15) is 45.1 Å². The molecule has 0 bridgehead atoms. The minimum atomic E-state index is -0.228. The third-order valence-electron chi connectivity index (χ3n) is 4.56. The van der Waals surface area contributed by atoms with Crippen LogP contribution in [0.25, 0.3) is 10.9 Å². The van der Waals surface area contributed by atoms with Crippen LogP contribution in [0.5, 0.6) is 5.75 Å². The number of hydrogen-bond acceptors (Lipinski definition) is 2. The maximum atomic E-state index is 12.6. The predicted molar refractivity (Wildman–Crippen MR) is 86.1 cm³/mol. The minimum Gasteiger partial charge on any atom is -0.486 e. The minimum absolute atomic E-state index is 0.0860. The number of aromatic nitrogens is 1. The highest BCUT2D eigenvalue weighted by molar-refractivity contribution is 5.87. The molecule has 0 spiro atoms. The Morgan fingerprint density at radius 1 is 1.29 bits per heavy atom. The standard InChI is InChI=1S/C18H23NO2/c1-4-5-8-11-18(2)12-14-16(21-18)13-9-6-7-10-15(13)19(3)17(14)20/h6-7,9-10H,4-5,8,11-12H2,1-3H3. The first-order chi connectivity index (χ1) is 10.1. The van der Waals surface area contributed by atoms with Crippen molar-refractivity contribution < 1.29 is 4.74 Å². The Bertz CT molecular complexity index is 732. The highest BCUT2D eigenvalue weighted by Gasteiger charge is 2.37. The number of para-hydroxylation sites is 1. The molecule has 21 heavy (non-hydrogen) atoms. The second-order valence-corrected chi connectivity index (χ2v) is 6.37. The zero-order valence-corrected chi connectivity index (χ0v) is 13.1. The lowest BCUT2D eigenvalue weighted by Crippen LogP contribution is -2.30. The SMILES string of the molecule is CCCCCC1(C)Cc2c(c3ccccc3n(C)c2=O)O1. The number of nitrogens with zero attached hydrogens (tertiary/aromatic N) is 1. The van der Waals surface area contributed by atoms with E-state index in [1.54, 1.807) is 4.57 Å². The molecule has 3 rings (SSSR count). The molecule has 1 atom stereocenters. The predicted octanol–water partition coefficient (Wildman–Crippen LogP) is 3.81. The molecule has 0 saturated heterocycles. The second-order valence-electron chi connectivity index (χ2n) is 6.37. The van der Waals surface area contributed by atoms with E-state index in [1.807, 2.05) is 31.3 Å². The van der Waals surface area contributed by atoms with Gasteiger partial charge in [-0.1, -0.05) is 31.9 Å². The topological polar surface area (TPSA) is 31.2 Å². The Morgan fingerprint density at radius 2 is 2.05 bits per heavy atom. The van der Waals surface area contributed by atoms with Gasteiger partial charge >= 0.3 is 0 Å². The normalized spacial score (nSPS) is 20.5. The van der Waals surface area contributed by atoms with E-state index in [2.05, 4.69) is 13.8 Å². The first-order valence-electron chi connectivity index (χ1n) is 7.85. The molecule has 1 aliphatic rings. The number of fused-ring (bicyclic) bond motifs is 3. The molecule has 2 aromatic rings. The second kappa shape index (κ2) is 5.21. The molecule has 0 fully saturated rings. The maximum absolute atomic E-state index is 12.6. The van der Waals surface area contributed by atoms with Crippen molar-refractivity contribution in [2.45, 2.75) is 51.6 Å². The van der Waals surface area contributed by atoms with Gasteiger partial charge in [0.25, 0.3) is 5.56 Å². The highest BCUT2D eigenvalue weighted by Crippen LogP contribution is 2.40. The average Bonchev–Trinajstić information content (AvgIpc) is 2.84. The van der Waals surface area contributed by atoms with Crippen LogP contribution in [0.15, 0.2) is 29.1 Å². The molecular formula is C18H23NO2. The first-order valence-corrected chi connectivity index (χ1v) is 7.85. The van der Waals surface area contributed by atoms with Gasteiger partial charge in [0.2, 0.25) is 0 Å². The maximum Gasteiger partial charge on any atom is 0.257 e. The smallest absolute Gasteiger partial charge is 0.257 e. The van der Waals surface area contributed by atoms with Crippen LogP contribution in [-0.2, 0) is 13.5 Å². The molecule has 0 N–H and O–H groups in total. The van der Waals surface area contributed by atoms with Crippen molar-refractivity contribution in [1.29, 1.82) is 0 Å². The van der Waals surface area contributed by atoms with E-state index in [-0.39, 0.29) is 11.2 Å². The highest BCUT2D eigenvalue weighted by atomic mass is 16.5. The molecule has 0 radical (unpaired) electrons. The van der Waals surface area contributed by atoms with Gasteiger partial charge in [-0.15, -0.1) is 0 Å². The zero-order valence-electron chi connectivity index (χ0n) is 13.1. The molecule has 3 nitrogen and oxygen atoms in total. The number of rotatable bonds is 4. The summed E-state index contributed by atoms with van der Waals surface area (Å²) >= 11 is 0. The quantitative estimate of drug-likeness (QED) is 0.800. The van der Waals surface area contributed by atoms with Gasteiger partial charge < -0.3 is 9.30 Å². The van der Waals surface area contributed by atoms with Gasteiger partial charge in [0, 0.05) is 18.9 Å². The van der Waals surface area contributed by atoms with Crippen LogP contribution in [0.2, 0.25) is 0 Å². The molecule has 112 valence electrons. The molecule has 0 amide bonds. The number of aryl methyl sites for hydroxylation is 1. The Morgan fingerprint density at radius 3 is 2.81 bits per heavy atom.